The molecule has 12 heavy (non-hydrogen) atoms. The van der Waals surface area contributed by atoms with E-state index in [1.165, 1.54) is 6.07 Å². The molecule has 0 saturated heterocycles. The summed E-state index contributed by atoms with van der Waals surface area (Å²) in [7, 11) is 0. The average Bonchev–Trinajstić information content (AvgIpc) is 2.49. The van der Waals surface area contributed by atoms with Crippen LogP contribution in [0.15, 0.2) is 17.1 Å². The van der Waals surface area contributed by atoms with E-state index in [2.05, 4.69) is 11.9 Å². The average molecular weight is 164 g/mol. The molecule has 64 valence electrons. The molecule has 1 aliphatic rings. The van der Waals surface area contributed by atoms with Gasteiger partial charge < -0.3 is 0 Å². The SMILES string of the molecule is CCC1CCn2c1nccc2=O. The van der Waals surface area contributed by atoms with Crippen LogP contribution in [0.25, 0.3) is 0 Å². The van der Waals surface area contributed by atoms with Crippen molar-refractivity contribution >= 4 is 0 Å². The molecule has 1 aliphatic heterocycles. The van der Waals surface area contributed by atoms with Crippen LogP contribution in [0.1, 0.15) is 31.5 Å². The third-order valence-electron chi connectivity index (χ3n) is 2.53. The van der Waals surface area contributed by atoms with Crippen LogP contribution in [0.3, 0.4) is 0 Å². The normalized spacial score (nSPS) is 20.9. The molecule has 1 aromatic rings. The molecule has 0 spiro atoms. The first kappa shape index (κ1) is 7.53. The maximum Gasteiger partial charge on any atom is 0.253 e. The molecular weight excluding hydrogens is 152 g/mol. The van der Waals surface area contributed by atoms with Gasteiger partial charge in [-0.1, -0.05) is 6.92 Å². The first-order chi connectivity index (χ1) is 5.83. The predicted molar refractivity (Wildman–Crippen MR) is 46.1 cm³/mol. The second-order valence-corrected chi connectivity index (χ2v) is 3.19. The molecule has 0 bridgehead atoms. The van der Waals surface area contributed by atoms with Crippen LogP contribution in [-0.2, 0) is 6.54 Å². The van der Waals surface area contributed by atoms with Crippen molar-refractivity contribution in [2.75, 3.05) is 0 Å². The Labute approximate surface area is 71.1 Å². The summed E-state index contributed by atoms with van der Waals surface area (Å²) in [6.45, 7) is 2.99. The van der Waals surface area contributed by atoms with E-state index in [-0.39, 0.29) is 5.56 Å². The lowest BCUT2D eigenvalue weighted by Crippen LogP contribution is -2.19. The Hall–Kier alpha value is -1.12. The largest absolute Gasteiger partial charge is 0.296 e. The number of hydrogen-bond acceptors (Lipinski definition) is 2. The van der Waals surface area contributed by atoms with E-state index in [9.17, 15) is 4.79 Å². The standard InChI is InChI=1S/C9H12N2O/c1-2-7-4-6-11-8(12)3-5-10-9(7)11/h3,5,7H,2,4,6H2,1H3. The summed E-state index contributed by atoms with van der Waals surface area (Å²) in [5.74, 6) is 1.48. The second kappa shape index (κ2) is 2.73. The highest BCUT2D eigenvalue weighted by Crippen LogP contribution is 2.26. The first-order valence-corrected chi connectivity index (χ1v) is 4.38. The Kier molecular flexibility index (Phi) is 1.71. The van der Waals surface area contributed by atoms with Crippen molar-refractivity contribution < 1.29 is 0 Å². The second-order valence-electron chi connectivity index (χ2n) is 3.19. The monoisotopic (exact) mass is 164 g/mol. The molecule has 2 heterocycles. The highest BCUT2D eigenvalue weighted by atomic mass is 16.1. The van der Waals surface area contributed by atoms with E-state index in [1.54, 1.807) is 10.8 Å². The van der Waals surface area contributed by atoms with E-state index in [0.29, 0.717) is 5.92 Å². The fraction of sp³-hybridized carbons (Fsp3) is 0.556. The van der Waals surface area contributed by atoms with Crippen LogP contribution >= 0.6 is 0 Å². The molecule has 1 unspecified atom stereocenters. The van der Waals surface area contributed by atoms with Crippen molar-refractivity contribution in [1.82, 2.24) is 9.55 Å². The minimum atomic E-state index is 0.0935. The van der Waals surface area contributed by atoms with Gasteiger partial charge in [0.2, 0.25) is 0 Å². The Morgan fingerprint density at radius 1 is 1.75 bits per heavy atom. The lowest BCUT2D eigenvalue weighted by atomic mass is 10.1. The van der Waals surface area contributed by atoms with Crippen molar-refractivity contribution in [3.05, 3.63) is 28.4 Å². The van der Waals surface area contributed by atoms with Gasteiger partial charge in [-0.2, -0.15) is 0 Å². The minimum Gasteiger partial charge on any atom is -0.296 e. The molecule has 0 amide bonds. The van der Waals surface area contributed by atoms with E-state index in [4.69, 9.17) is 0 Å². The van der Waals surface area contributed by atoms with Gasteiger partial charge in [0.15, 0.2) is 0 Å². The van der Waals surface area contributed by atoms with Gasteiger partial charge >= 0.3 is 0 Å². The minimum absolute atomic E-state index is 0.0935. The summed E-state index contributed by atoms with van der Waals surface area (Å²) in [6.07, 6.45) is 3.77. The maximum atomic E-state index is 11.3. The van der Waals surface area contributed by atoms with Gasteiger partial charge in [-0.3, -0.25) is 9.36 Å². The Balaban J connectivity index is 2.53. The Bertz CT molecular complexity index is 343. The number of rotatable bonds is 1. The zero-order chi connectivity index (χ0) is 8.55. The van der Waals surface area contributed by atoms with Crippen LogP contribution in [0.2, 0.25) is 0 Å². The van der Waals surface area contributed by atoms with Crippen LogP contribution in [0, 0.1) is 0 Å². The lowest BCUT2D eigenvalue weighted by molar-refractivity contribution is 0.638. The van der Waals surface area contributed by atoms with Gasteiger partial charge in [0.1, 0.15) is 5.82 Å². The summed E-state index contributed by atoms with van der Waals surface area (Å²) in [6, 6.07) is 1.53. The van der Waals surface area contributed by atoms with Crippen molar-refractivity contribution in [2.24, 2.45) is 0 Å². The van der Waals surface area contributed by atoms with Crippen LogP contribution < -0.4 is 5.56 Å². The van der Waals surface area contributed by atoms with Gasteiger partial charge in [0.25, 0.3) is 5.56 Å². The zero-order valence-corrected chi connectivity index (χ0v) is 7.16. The molecule has 0 saturated carbocycles. The molecule has 0 aliphatic carbocycles. The van der Waals surface area contributed by atoms with Crippen LogP contribution in [-0.4, -0.2) is 9.55 Å². The molecule has 0 N–H and O–H groups in total. The van der Waals surface area contributed by atoms with Gasteiger partial charge in [-0.05, 0) is 12.8 Å². The van der Waals surface area contributed by atoms with Crippen molar-refractivity contribution in [1.29, 1.82) is 0 Å². The van der Waals surface area contributed by atoms with Crippen molar-refractivity contribution in [3.8, 4) is 0 Å². The number of fused-ring (bicyclic) bond motifs is 1. The van der Waals surface area contributed by atoms with E-state index >= 15 is 0 Å². The molecule has 1 atom stereocenters. The van der Waals surface area contributed by atoms with Crippen LogP contribution in [0.4, 0.5) is 0 Å². The molecule has 3 nitrogen and oxygen atoms in total. The van der Waals surface area contributed by atoms with Gasteiger partial charge in [0, 0.05) is 24.7 Å². The zero-order valence-electron chi connectivity index (χ0n) is 7.16. The number of aromatic nitrogens is 2. The van der Waals surface area contributed by atoms with Crippen LogP contribution in [0.5, 0.6) is 0 Å². The predicted octanol–water partition coefficient (Wildman–Crippen LogP) is 1.14. The topological polar surface area (TPSA) is 34.9 Å². The Morgan fingerprint density at radius 3 is 3.33 bits per heavy atom. The summed E-state index contributed by atoms with van der Waals surface area (Å²) >= 11 is 0. The van der Waals surface area contributed by atoms with Gasteiger partial charge in [-0.15, -0.1) is 0 Å². The highest BCUT2D eigenvalue weighted by molar-refractivity contribution is 5.04. The molecule has 1 aromatic heterocycles. The summed E-state index contributed by atoms with van der Waals surface area (Å²) in [5, 5.41) is 0. The molecular formula is C9H12N2O. The summed E-state index contributed by atoms with van der Waals surface area (Å²) in [5.41, 5.74) is 0.0935. The summed E-state index contributed by atoms with van der Waals surface area (Å²) < 4.78 is 1.79. The highest BCUT2D eigenvalue weighted by Gasteiger charge is 2.22. The molecule has 0 aromatic carbocycles. The number of hydrogen-bond donors (Lipinski definition) is 0. The van der Waals surface area contributed by atoms with E-state index < -0.39 is 0 Å². The van der Waals surface area contributed by atoms with E-state index in [0.717, 1.165) is 25.2 Å². The van der Waals surface area contributed by atoms with Crippen molar-refractivity contribution in [2.45, 2.75) is 32.2 Å². The maximum absolute atomic E-state index is 11.3. The van der Waals surface area contributed by atoms with Gasteiger partial charge in [-0.25, -0.2) is 4.98 Å². The summed E-state index contributed by atoms with van der Waals surface area (Å²) in [4.78, 5) is 15.5. The quantitative estimate of drug-likeness (QED) is 0.624. The first-order valence-electron chi connectivity index (χ1n) is 4.38. The number of nitrogens with zero attached hydrogens (tertiary/aromatic N) is 2. The van der Waals surface area contributed by atoms with E-state index in [1.807, 2.05) is 0 Å². The third-order valence-corrected chi connectivity index (χ3v) is 2.53. The van der Waals surface area contributed by atoms with Crippen molar-refractivity contribution in [3.63, 3.8) is 0 Å². The molecule has 0 radical (unpaired) electrons. The molecule has 3 heteroatoms. The van der Waals surface area contributed by atoms with Gasteiger partial charge in [0.05, 0.1) is 0 Å². The molecule has 2 rings (SSSR count). The molecule has 0 fully saturated rings. The fourth-order valence-corrected chi connectivity index (χ4v) is 1.80. The lowest BCUT2D eigenvalue weighted by Gasteiger charge is -2.04. The fourth-order valence-electron chi connectivity index (χ4n) is 1.80. The smallest absolute Gasteiger partial charge is 0.253 e. The Morgan fingerprint density at radius 2 is 2.58 bits per heavy atom. The third kappa shape index (κ3) is 0.967.